The van der Waals surface area contributed by atoms with Crippen molar-refractivity contribution in [3.8, 4) is 0 Å². The van der Waals surface area contributed by atoms with Crippen molar-refractivity contribution in [2.45, 2.75) is 6.92 Å². The molecule has 0 aliphatic carbocycles. The second-order valence-electron chi connectivity index (χ2n) is 4.25. The van der Waals surface area contributed by atoms with E-state index < -0.39 is 0 Å². The van der Waals surface area contributed by atoms with E-state index in [0.29, 0.717) is 0 Å². The summed E-state index contributed by atoms with van der Waals surface area (Å²) in [5.41, 5.74) is 3.05. The zero-order valence-electron chi connectivity index (χ0n) is 10.4. The quantitative estimate of drug-likeness (QED) is 0.382. The molecule has 5 heteroatoms. The summed E-state index contributed by atoms with van der Waals surface area (Å²) in [7, 11) is 3.93. The molecule has 0 aliphatic heterocycles. The summed E-state index contributed by atoms with van der Waals surface area (Å²) in [5.74, 6) is 0. The number of rotatable bonds is 2. The van der Waals surface area contributed by atoms with Gasteiger partial charge in [0.15, 0.2) is 0 Å². The number of aryl methyl sites for hydroxylation is 1. The van der Waals surface area contributed by atoms with Gasteiger partial charge in [0.25, 0.3) is 0 Å². The summed E-state index contributed by atoms with van der Waals surface area (Å²) in [6.07, 6.45) is 1.82. The zero-order chi connectivity index (χ0) is 13.3. The summed E-state index contributed by atoms with van der Waals surface area (Å²) in [5, 5.41) is 1.11. The predicted molar refractivity (Wildman–Crippen MR) is 93.8 cm³/mol. The van der Waals surface area contributed by atoms with E-state index >= 15 is 0 Å². The topological polar surface area (TPSA) is 28.5 Å². The molecule has 0 aliphatic rings. The van der Waals surface area contributed by atoms with Crippen LogP contribution in [0.4, 0.5) is 5.69 Å². The number of halogens is 2. The minimum absolute atomic E-state index is 0.993. The number of aliphatic imine (C=N–C) groups is 1. The van der Waals surface area contributed by atoms with E-state index in [9.17, 15) is 0 Å². The number of aromatic nitrogens is 1. The molecule has 0 bridgehead atoms. The molecule has 1 aromatic heterocycles. The highest BCUT2D eigenvalue weighted by molar-refractivity contribution is 14.1. The van der Waals surface area contributed by atoms with Gasteiger partial charge in [-0.15, -0.1) is 0 Å². The van der Waals surface area contributed by atoms with Gasteiger partial charge in [-0.2, -0.15) is 0 Å². The lowest BCUT2D eigenvalue weighted by molar-refractivity contribution is 0.643. The molecule has 18 heavy (non-hydrogen) atoms. The van der Waals surface area contributed by atoms with Gasteiger partial charge in [-0.1, -0.05) is 0 Å². The number of pyridine rings is 1. The number of hydrogen-bond acceptors (Lipinski definition) is 2. The smallest absolute Gasteiger partial charge is 0.0907 e. The lowest BCUT2D eigenvalue weighted by Crippen LogP contribution is -2.07. The van der Waals surface area contributed by atoms with Gasteiger partial charge in [0, 0.05) is 32.3 Å². The average molecular weight is 465 g/mol. The molecule has 3 nitrogen and oxygen atoms in total. The molecule has 1 heterocycles. The van der Waals surface area contributed by atoms with Gasteiger partial charge in [-0.25, -0.2) is 4.99 Å². The highest BCUT2D eigenvalue weighted by Crippen LogP contribution is 2.33. The second kappa shape index (κ2) is 5.68. The van der Waals surface area contributed by atoms with Gasteiger partial charge in [-0.3, -0.25) is 4.98 Å². The number of benzene rings is 1. The number of fused-ring (bicyclic) bond motifs is 1. The Morgan fingerprint density at radius 3 is 2.61 bits per heavy atom. The summed E-state index contributed by atoms with van der Waals surface area (Å²) in [4.78, 5) is 11.1. The van der Waals surface area contributed by atoms with Gasteiger partial charge in [-0.05, 0) is 70.3 Å². The molecular formula is C13H13I2N3. The number of hydrogen-bond donors (Lipinski definition) is 0. The normalized spacial score (nSPS) is 11.4. The van der Waals surface area contributed by atoms with E-state index in [2.05, 4.69) is 67.3 Å². The van der Waals surface area contributed by atoms with E-state index in [4.69, 9.17) is 0 Å². The van der Waals surface area contributed by atoms with E-state index in [1.807, 2.05) is 38.3 Å². The minimum Gasteiger partial charge on any atom is -0.369 e. The molecule has 2 aromatic rings. The third kappa shape index (κ3) is 2.93. The Hall–Kier alpha value is -0.440. The molecule has 0 saturated carbocycles. The second-order valence-corrected chi connectivity index (χ2v) is 6.57. The Morgan fingerprint density at radius 1 is 1.22 bits per heavy atom. The van der Waals surface area contributed by atoms with Gasteiger partial charge < -0.3 is 4.90 Å². The van der Waals surface area contributed by atoms with Crippen molar-refractivity contribution in [1.82, 2.24) is 9.88 Å². The highest BCUT2D eigenvalue weighted by atomic mass is 127. The van der Waals surface area contributed by atoms with Crippen LogP contribution in [0.5, 0.6) is 0 Å². The summed E-state index contributed by atoms with van der Waals surface area (Å²) in [6, 6.07) is 6.26. The van der Waals surface area contributed by atoms with Crippen molar-refractivity contribution in [3.63, 3.8) is 0 Å². The molecule has 0 saturated heterocycles. The first-order chi connectivity index (χ1) is 8.49. The average Bonchev–Trinajstić information content (AvgIpc) is 2.29. The molecule has 0 atom stereocenters. The fourth-order valence-corrected chi connectivity index (χ4v) is 3.67. The van der Waals surface area contributed by atoms with Crippen molar-refractivity contribution in [3.05, 3.63) is 31.0 Å². The van der Waals surface area contributed by atoms with Crippen LogP contribution in [-0.2, 0) is 0 Å². The zero-order valence-corrected chi connectivity index (χ0v) is 14.7. The summed E-state index contributed by atoms with van der Waals surface area (Å²) >= 11 is 4.65. The third-order valence-corrected chi connectivity index (χ3v) is 4.06. The fraction of sp³-hybridized carbons (Fsp3) is 0.231. The minimum atomic E-state index is 0.993. The lowest BCUT2D eigenvalue weighted by atomic mass is 10.1. The first-order valence-corrected chi connectivity index (χ1v) is 7.61. The summed E-state index contributed by atoms with van der Waals surface area (Å²) < 4.78 is 2.31. The van der Waals surface area contributed by atoms with Crippen LogP contribution < -0.4 is 0 Å². The maximum atomic E-state index is 4.61. The maximum Gasteiger partial charge on any atom is 0.0907 e. The lowest BCUT2D eigenvalue weighted by Gasteiger charge is -2.09. The van der Waals surface area contributed by atoms with Crippen molar-refractivity contribution in [2.24, 2.45) is 4.99 Å². The molecule has 1 aromatic carbocycles. The van der Waals surface area contributed by atoms with Gasteiger partial charge in [0.2, 0.25) is 0 Å². The third-order valence-electron chi connectivity index (χ3n) is 2.41. The SMILES string of the molecule is Cc1ccc2c(N=CN(C)C)c(I)cc(I)c2n1. The Kier molecular flexibility index (Phi) is 4.41. The maximum absolute atomic E-state index is 4.61. The predicted octanol–water partition coefficient (Wildman–Crippen LogP) is 3.97. The van der Waals surface area contributed by atoms with Gasteiger partial charge >= 0.3 is 0 Å². The van der Waals surface area contributed by atoms with E-state index in [1.54, 1.807) is 0 Å². The number of nitrogens with zero attached hydrogens (tertiary/aromatic N) is 3. The molecule has 2 rings (SSSR count). The summed E-state index contributed by atoms with van der Waals surface area (Å²) in [6.45, 7) is 2.01. The van der Waals surface area contributed by atoms with Crippen LogP contribution in [-0.4, -0.2) is 30.3 Å². The monoisotopic (exact) mass is 465 g/mol. The Balaban J connectivity index is 2.72. The van der Waals surface area contributed by atoms with Gasteiger partial charge in [0.1, 0.15) is 0 Å². The van der Waals surface area contributed by atoms with Crippen molar-refractivity contribution >= 4 is 68.1 Å². The van der Waals surface area contributed by atoms with Crippen LogP contribution in [0.3, 0.4) is 0 Å². The van der Waals surface area contributed by atoms with Crippen molar-refractivity contribution < 1.29 is 0 Å². The van der Waals surface area contributed by atoms with E-state index in [-0.39, 0.29) is 0 Å². The van der Waals surface area contributed by atoms with Crippen molar-refractivity contribution in [1.29, 1.82) is 0 Å². The molecule has 0 fully saturated rings. The van der Waals surface area contributed by atoms with Gasteiger partial charge in [0.05, 0.1) is 17.5 Å². The van der Waals surface area contributed by atoms with Crippen LogP contribution in [0, 0.1) is 14.1 Å². The Morgan fingerprint density at radius 2 is 1.94 bits per heavy atom. The molecule has 0 amide bonds. The Labute approximate surface area is 134 Å². The van der Waals surface area contributed by atoms with E-state index in [1.165, 1.54) is 3.57 Å². The molecule has 0 N–H and O–H groups in total. The first-order valence-electron chi connectivity index (χ1n) is 5.45. The highest BCUT2D eigenvalue weighted by Gasteiger charge is 2.09. The van der Waals surface area contributed by atoms with Crippen LogP contribution in [0.1, 0.15) is 5.69 Å². The van der Waals surface area contributed by atoms with Crippen LogP contribution in [0.2, 0.25) is 0 Å². The molecule has 0 unspecified atom stereocenters. The first kappa shape index (κ1) is 14.0. The Bertz CT molecular complexity index is 621. The van der Waals surface area contributed by atoms with Crippen molar-refractivity contribution in [2.75, 3.05) is 14.1 Å². The molecule has 0 radical (unpaired) electrons. The standard InChI is InChI=1S/C13H13I2N3/c1-8-4-5-9-12(16-7-18(2)3)10(14)6-11(15)13(9)17-8/h4-7H,1-3H3. The molecular weight excluding hydrogens is 452 g/mol. The fourth-order valence-electron chi connectivity index (χ4n) is 1.61. The molecule has 94 valence electrons. The van der Waals surface area contributed by atoms with Crippen LogP contribution in [0.25, 0.3) is 10.9 Å². The molecule has 0 spiro atoms. The van der Waals surface area contributed by atoms with Crippen LogP contribution in [0.15, 0.2) is 23.2 Å². The van der Waals surface area contributed by atoms with E-state index in [0.717, 1.165) is 25.9 Å². The van der Waals surface area contributed by atoms with Crippen LogP contribution >= 0.6 is 45.2 Å². The largest absolute Gasteiger partial charge is 0.369 e.